The molecule has 2 atom stereocenters. The maximum Gasteiger partial charge on any atom is 0.293 e. The lowest BCUT2D eigenvalue weighted by atomic mass is 10.1. The van der Waals surface area contributed by atoms with Crippen molar-refractivity contribution in [2.24, 2.45) is 0 Å². The largest absolute Gasteiger partial charge is 0.379 e. The number of nitro groups is 1. The summed E-state index contributed by atoms with van der Waals surface area (Å²) < 4.78 is 6.29. The third-order valence-electron chi connectivity index (χ3n) is 3.91. The van der Waals surface area contributed by atoms with Crippen LogP contribution in [-0.2, 0) is 4.74 Å². The lowest BCUT2D eigenvalue weighted by molar-refractivity contribution is -0.383. The molecule has 1 N–H and O–H groups in total. The van der Waals surface area contributed by atoms with Gasteiger partial charge in [-0.3, -0.25) is 10.1 Å². The van der Waals surface area contributed by atoms with Crippen LogP contribution in [0.5, 0.6) is 0 Å². The highest BCUT2D eigenvalue weighted by molar-refractivity contribution is 7.18. The molecule has 0 radical (unpaired) electrons. The molecule has 0 spiro atoms. The summed E-state index contributed by atoms with van der Waals surface area (Å²) >= 11 is 1.47. The number of nitrogens with zero attached hydrogens (tertiary/aromatic N) is 2. The van der Waals surface area contributed by atoms with Crippen LogP contribution in [0.4, 0.5) is 11.4 Å². The van der Waals surface area contributed by atoms with Crippen LogP contribution >= 0.6 is 11.3 Å². The lowest BCUT2D eigenvalue weighted by Gasteiger charge is -2.20. The molecule has 2 unspecified atom stereocenters. The Morgan fingerprint density at radius 3 is 3.00 bits per heavy atom. The van der Waals surface area contributed by atoms with Crippen LogP contribution in [0.3, 0.4) is 0 Å². The first-order valence-electron chi connectivity index (χ1n) is 6.93. The topological polar surface area (TPSA) is 77.3 Å². The van der Waals surface area contributed by atoms with E-state index in [1.54, 1.807) is 19.2 Å². The Hall–Kier alpha value is -1.73. The van der Waals surface area contributed by atoms with Crippen LogP contribution in [0.2, 0.25) is 0 Å². The number of hydrogen-bond acceptors (Lipinski definition) is 6. The molecule has 0 aliphatic heterocycles. The molecule has 21 heavy (non-hydrogen) atoms. The highest BCUT2D eigenvalue weighted by Gasteiger charge is 2.29. The van der Waals surface area contributed by atoms with Crippen LogP contribution in [0.1, 0.15) is 24.3 Å². The van der Waals surface area contributed by atoms with Gasteiger partial charge < -0.3 is 10.1 Å². The molecule has 1 aromatic heterocycles. The fourth-order valence-electron chi connectivity index (χ4n) is 2.92. The number of thiazole rings is 1. The molecule has 112 valence electrons. The van der Waals surface area contributed by atoms with Gasteiger partial charge in [-0.15, -0.1) is 11.3 Å². The lowest BCUT2D eigenvalue weighted by Crippen LogP contribution is -2.29. The van der Waals surface area contributed by atoms with Crippen molar-refractivity contribution >= 4 is 32.9 Å². The van der Waals surface area contributed by atoms with Crippen molar-refractivity contribution in [2.45, 2.75) is 38.3 Å². The van der Waals surface area contributed by atoms with Gasteiger partial charge in [0, 0.05) is 13.2 Å². The first kappa shape index (κ1) is 14.2. The van der Waals surface area contributed by atoms with Crippen molar-refractivity contribution in [3.63, 3.8) is 0 Å². The number of fused-ring (bicyclic) bond motifs is 1. The molecule has 1 heterocycles. The normalized spacial score (nSPS) is 21.8. The average molecular weight is 307 g/mol. The van der Waals surface area contributed by atoms with Crippen molar-refractivity contribution in [1.82, 2.24) is 4.98 Å². The van der Waals surface area contributed by atoms with Crippen LogP contribution < -0.4 is 5.32 Å². The van der Waals surface area contributed by atoms with Gasteiger partial charge in [-0.05, 0) is 32.3 Å². The summed E-state index contributed by atoms with van der Waals surface area (Å²) in [5, 5.41) is 15.5. The summed E-state index contributed by atoms with van der Waals surface area (Å²) in [5.74, 6) is 0. The summed E-state index contributed by atoms with van der Waals surface area (Å²) in [6.07, 6.45) is 3.13. The zero-order valence-corrected chi connectivity index (χ0v) is 12.8. The smallest absolute Gasteiger partial charge is 0.293 e. The maximum atomic E-state index is 11.3. The Morgan fingerprint density at radius 1 is 1.48 bits per heavy atom. The zero-order valence-electron chi connectivity index (χ0n) is 12.0. The minimum absolute atomic E-state index is 0.105. The summed E-state index contributed by atoms with van der Waals surface area (Å²) in [7, 11) is 1.69. The summed E-state index contributed by atoms with van der Waals surface area (Å²) in [5.41, 5.74) is 1.44. The Balaban J connectivity index is 1.99. The van der Waals surface area contributed by atoms with Crippen LogP contribution in [0, 0.1) is 17.0 Å². The Morgan fingerprint density at radius 2 is 2.29 bits per heavy atom. The van der Waals surface area contributed by atoms with Crippen LogP contribution in [-0.4, -0.2) is 29.2 Å². The molecule has 2 aromatic rings. The molecule has 1 aromatic carbocycles. The van der Waals surface area contributed by atoms with E-state index < -0.39 is 0 Å². The Bertz CT molecular complexity index is 685. The Labute approximate surface area is 126 Å². The molecule has 7 heteroatoms. The summed E-state index contributed by atoms with van der Waals surface area (Å²) in [4.78, 5) is 15.4. The minimum Gasteiger partial charge on any atom is -0.379 e. The van der Waals surface area contributed by atoms with Gasteiger partial charge in [-0.1, -0.05) is 0 Å². The van der Waals surface area contributed by atoms with Crippen LogP contribution in [0.15, 0.2) is 12.1 Å². The van der Waals surface area contributed by atoms with Crippen molar-refractivity contribution in [1.29, 1.82) is 0 Å². The maximum absolute atomic E-state index is 11.3. The van der Waals surface area contributed by atoms with Gasteiger partial charge in [0.1, 0.15) is 5.69 Å². The predicted octanol–water partition coefficient (Wildman–Crippen LogP) is 3.49. The van der Waals surface area contributed by atoms with Gasteiger partial charge in [0.2, 0.25) is 0 Å². The number of anilines is 1. The van der Waals surface area contributed by atoms with Crippen molar-refractivity contribution in [3.05, 3.63) is 27.3 Å². The van der Waals surface area contributed by atoms with E-state index in [9.17, 15) is 10.1 Å². The number of aryl methyl sites for hydroxylation is 1. The second-order valence-electron chi connectivity index (χ2n) is 5.28. The van der Waals surface area contributed by atoms with Crippen molar-refractivity contribution in [2.75, 3.05) is 12.4 Å². The fraction of sp³-hybridized carbons (Fsp3) is 0.500. The number of nitrogens with one attached hydrogen (secondary N) is 1. The van der Waals surface area contributed by atoms with Crippen molar-refractivity contribution < 1.29 is 9.66 Å². The number of ether oxygens (including phenoxy) is 1. The monoisotopic (exact) mass is 307 g/mol. The number of aromatic nitrogens is 1. The molecule has 0 bridgehead atoms. The molecule has 1 fully saturated rings. The second kappa shape index (κ2) is 5.57. The van der Waals surface area contributed by atoms with E-state index in [0.29, 0.717) is 5.69 Å². The highest BCUT2D eigenvalue weighted by atomic mass is 32.1. The highest BCUT2D eigenvalue weighted by Crippen LogP contribution is 2.35. The van der Waals surface area contributed by atoms with E-state index in [2.05, 4.69) is 10.3 Å². The van der Waals surface area contributed by atoms with Crippen molar-refractivity contribution in [3.8, 4) is 0 Å². The zero-order chi connectivity index (χ0) is 15.0. The molecule has 1 saturated carbocycles. The van der Waals surface area contributed by atoms with Gasteiger partial charge in [-0.25, -0.2) is 4.98 Å². The van der Waals surface area contributed by atoms with Gasteiger partial charge in [0.25, 0.3) is 5.69 Å². The Kier molecular flexibility index (Phi) is 3.77. The summed E-state index contributed by atoms with van der Waals surface area (Å²) in [6, 6.07) is 3.51. The molecule has 1 aliphatic carbocycles. The van der Waals surface area contributed by atoms with E-state index in [-0.39, 0.29) is 22.8 Å². The van der Waals surface area contributed by atoms with E-state index in [1.165, 1.54) is 11.3 Å². The molecule has 3 rings (SSSR count). The number of rotatable bonds is 4. The quantitative estimate of drug-likeness (QED) is 0.691. The van der Waals surface area contributed by atoms with E-state index >= 15 is 0 Å². The third-order valence-corrected chi connectivity index (χ3v) is 4.84. The van der Waals surface area contributed by atoms with E-state index in [0.717, 1.165) is 34.5 Å². The van der Waals surface area contributed by atoms with Gasteiger partial charge in [0.05, 0.1) is 32.3 Å². The van der Waals surface area contributed by atoms with E-state index in [1.807, 2.05) is 6.92 Å². The fourth-order valence-corrected chi connectivity index (χ4v) is 3.76. The standard InChI is InChI=1S/C14H17N3O3S/c1-8-15-11-6-10(12(17(18)19)7-14(11)21-8)16-9-4-3-5-13(9)20-2/h6-7,9,13,16H,3-5H2,1-2H3. The number of benzene rings is 1. The van der Waals surface area contributed by atoms with Crippen LogP contribution in [0.25, 0.3) is 10.2 Å². The molecule has 1 aliphatic rings. The average Bonchev–Trinajstić information content (AvgIpc) is 3.02. The molecular formula is C14H17N3O3S. The summed E-state index contributed by atoms with van der Waals surface area (Å²) in [6.45, 7) is 1.90. The third kappa shape index (κ3) is 2.71. The van der Waals surface area contributed by atoms with E-state index in [4.69, 9.17) is 4.74 Å². The molecular weight excluding hydrogens is 290 g/mol. The minimum atomic E-state index is -0.340. The first-order valence-corrected chi connectivity index (χ1v) is 7.75. The number of nitro benzene ring substituents is 1. The van der Waals surface area contributed by atoms with Gasteiger partial charge >= 0.3 is 0 Å². The number of hydrogen-bond donors (Lipinski definition) is 1. The molecule has 0 saturated heterocycles. The number of methoxy groups -OCH3 is 1. The second-order valence-corrected chi connectivity index (χ2v) is 6.52. The molecule has 0 amide bonds. The SMILES string of the molecule is COC1CCCC1Nc1cc2nc(C)sc2cc1[N+](=O)[O-]. The molecule has 6 nitrogen and oxygen atoms in total. The van der Waals surface area contributed by atoms with Gasteiger partial charge in [-0.2, -0.15) is 0 Å². The first-order chi connectivity index (χ1) is 10.1. The predicted molar refractivity (Wildman–Crippen MR) is 83.1 cm³/mol. The van der Waals surface area contributed by atoms with Gasteiger partial charge in [0.15, 0.2) is 0 Å².